The molecule has 1 aliphatic carbocycles. The van der Waals surface area contributed by atoms with Crippen LogP contribution in [0, 0.1) is 16.7 Å². The highest BCUT2D eigenvalue weighted by Crippen LogP contribution is 2.54. The molecule has 1 saturated heterocycles. The van der Waals surface area contributed by atoms with Gasteiger partial charge < -0.3 is 15.4 Å². The van der Waals surface area contributed by atoms with Crippen LogP contribution in [0.1, 0.15) is 40.0 Å². The molecule has 0 aromatic heterocycles. The molecule has 1 saturated carbocycles. The standard InChI is InChI=1S/C13H21N3O2/c1-11(2,3)18-10(17)16-8-12(9-16)6-13(15,7-12)4-5-14/h4,6-9,15H2,1-3H3. The fourth-order valence-electron chi connectivity index (χ4n) is 3.17. The molecular formula is C13H21N3O2. The van der Waals surface area contributed by atoms with Crippen molar-refractivity contribution in [2.45, 2.75) is 51.2 Å². The van der Waals surface area contributed by atoms with Crippen molar-refractivity contribution in [1.29, 1.82) is 5.26 Å². The van der Waals surface area contributed by atoms with Gasteiger partial charge in [0, 0.05) is 24.0 Å². The van der Waals surface area contributed by atoms with Gasteiger partial charge in [0.2, 0.25) is 0 Å². The average molecular weight is 251 g/mol. The molecule has 100 valence electrons. The molecule has 1 amide bonds. The summed E-state index contributed by atoms with van der Waals surface area (Å²) in [7, 11) is 0. The molecule has 1 aliphatic heterocycles. The first-order valence-electron chi connectivity index (χ1n) is 6.31. The second-order valence-corrected chi connectivity index (χ2v) is 6.89. The zero-order chi connectivity index (χ0) is 13.6. The number of carbonyl (C=O) groups excluding carboxylic acids is 1. The normalized spacial score (nSPS) is 23.8. The van der Waals surface area contributed by atoms with E-state index in [1.807, 2.05) is 20.8 Å². The molecule has 1 heterocycles. The van der Waals surface area contributed by atoms with Crippen LogP contribution in [-0.2, 0) is 4.74 Å². The molecule has 0 bridgehead atoms. The lowest BCUT2D eigenvalue weighted by molar-refractivity contribution is -0.103. The maximum Gasteiger partial charge on any atom is 0.410 e. The number of nitrogens with zero attached hydrogens (tertiary/aromatic N) is 2. The minimum absolute atomic E-state index is 0.155. The van der Waals surface area contributed by atoms with Gasteiger partial charge >= 0.3 is 6.09 Å². The maximum absolute atomic E-state index is 11.8. The first-order valence-corrected chi connectivity index (χ1v) is 6.31. The van der Waals surface area contributed by atoms with Crippen LogP contribution in [0.3, 0.4) is 0 Å². The van der Waals surface area contributed by atoms with Gasteiger partial charge in [-0.2, -0.15) is 5.26 Å². The summed E-state index contributed by atoms with van der Waals surface area (Å²) >= 11 is 0. The van der Waals surface area contributed by atoms with Crippen molar-refractivity contribution in [2.75, 3.05) is 13.1 Å². The van der Waals surface area contributed by atoms with Crippen LogP contribution in [0.25, 0.3) is 0 Å². The van der Waals surface area contributed by atoms with E-state index in [1.54, 1.807) is 4.90 Å². The first-order chi connectivity index (χ1) is 8.17. The quantitative estimate of drug-likeness (QED) is 0.768. The van der Waals surface area contributed by atoms with Gasteiger partial charge in [-0.25, -0.2) is 4.79 Å². The third-order valence-corrected chi connectivity index (χ3v) is 3.59. The predicted octanol–water partition coefficient (Wildman–Crippen LogP) is 1.63. The third-order valence-electron chi connectivity index (χ3n) is 3.59. The Morgan fingerprint density at radius 1 is 1.44 bits per heavy atom. The molecular weight excluding hydrogens is 230 g/mol. The Bertz CT molecular complexity index is 391. The van der Waals surface area contributed by atoms with Crippen molar-refractivity contribution >= 4 is 6.09 Å². The SMILES string of the molecule is CC(C)(C)OC(=O)N1CC2(C1)CC(N)(CC#N)C2. The number of amides is 1. The molecule has 18 heavy (non-hydrogen) atoms. The van der Waals surface area contributed by atoms with Crippen LogP contribution in [0.5, 0.6) is 0 Å². The Kier molecular flexibility index (Phi) is 2.82. The second kappa shape index (κ2) is 3.86. The number of hydrogen-bond donors (Lipinski definition) is 1. The van der Waals surface area contributed by atoms with Crippen molar-refractivity contribution in [3.05, 3.63) is 0 Å². The van der Waals surface area contributed by atoms with E-state index in [1.165, 1.54) is 0 Å². The highest BCUT2D eigenvalue weighted by molar-refractivity contribution is 5.69. The summed E-state index contributed by atoms with van der Waals surface area (Å²) in [6.45, 7) is 7.02. The van der Waals surface area contributed by atoms with E-state index >= 15 is 0 Å². The van der Waals surface area contributed by atoms with Crippen LogP contribution in [0.15, 0.2) is 0 Å². The van der Waals surface area contributed by atoms with Crippen molar-refractivity contribution < 1.29 is 9.53 Å². The Labute approximate surface area is 108 Å². The molecule has 2 aliphatic rings. The van der Waals surface area contributed by atoms with Crippen molar-refractivity contribution in [1.82, 2.24) is 4.90 Å². The second-order valence-electron chi connectivity index (χ2n) is 6.89. The van der Waals surface area contributed by atoms with Gasteiger partial charge in [0.25, 0.3) is 0 Å². The predicted molar refractivity (Wildman–Crippen MR) is 66.6 cm³/mol. The largest absolute Gasteiger partial charge is 0.444 e. The minimum atomic E-state index is -0.447. The zero-order valence-corrected chi connectivity index (χ0v) is 11.3. The molecule has 2 rings (SSSR count). The highest BCUT2D eigenvalue weighted by Gasteiger charge is 2.59. The van der Waals surface area contributed by atoms with E-state index in [0.717, 1.165) is 12.8 Å². The summed E-state index contributed by atoms with van der Waals surface area (Å²) in [5, 5.41) is 8.68. The number of carbonyl (C=O) groups is 1. The van der Waals surface area contributed by atoms with Crippen LogP contribution < -0.4 is 5.73 Å². The number of nitriles is 1. The lowest BCUT2D eigenvalue weighted by Gasteiger charge is -2.62. The molecule has 5 heteroatoms. The van der Waals surface area contributed by atoms with Gasteiger partial charge in [0.15, 0.2) is 0 Å². The Hall–Kier alpha value is -1.28. The fraction of sp³-hybridized carbons (Fsp3) is 0.846. The summed E-state index contributed by atoms with van der Waals surface area (Å²) in [5.74, 6) is 0. The highest BCUT2D eigenvalue weighted by atomic mass is 16.6. The topological polar surface area (TPSA) is 79.3 Å². The summed E-state index contributed by atoms with van der Waals surface area (Å²) in [6, 6.07) is 2.13. The number of ether oxygens (including phenoxy) is 1. The van der Waals surface area contributed by atoms with Gasteiger partial charge in [-0.05, 0) is 33.6 Å². The summed E-state index contributed by atoms with van der Waals surface area (Å²) < 4.78 is 5.31. The molecule has 2 N–H and O–H groups in total. The summed E-state index contributed by atoms with van der Waals surface area (Å²) in [6.07, 6.45) is 1.84. The number of likely N-dealkylation sites (tertiary alicyclic amines) is 1. The molecule has 0 aromatic carbocycles. The maximum atomic E-state index is 11.8. The van der Waals surface area contributed by atoms with Gasteiger partial charge in [0.1, 0.15) is 5.60 Å². The van der Waals surface area contributed by atoms with Crippen molar-refractivity contribution in [2.24, 2.45) is 11.1 Å². The van der Waals surface area contributed by atoms with Crippen molar-refractivity contribution in [3.8, 4) is 6.07 Å². The Morgan fingerprint density at radius 3 is 2.44 bits per heavy atom. The van der Waals surface area contributed by atoms with Gasteiger partial charge in [-0.3, -0.25) is 0 Å². The lowest BCUT2D eigenvalue weighted by Crippen LogP contribution is -2.71. The monoisotopic (exact) mass is 251 g/mol. The van der Waals surface area contributed by atoms with Crippen LogP contribution in [-0.4, -0.2) is 35.2 Å². The number of nitrogens with two attached hydrogens (primary N) is 1. The van der Waals surface area contributed by atoms with Gasteiger partial charge in [-0.1, -0.05) is 0 Å². The van der Waals surface area contributed by atoms with E-state index in [-0.39, 0.29) is 17.0 Å². The van der Waals surface area contributed by atoms with E-state index in [0.29, 0.717) is 19.5 Å². The summed E-state index contributed by atoms with van der Waals surface area (Å²) in [4.78, 5) is 13.5. The van der Waals surface area contributed by atoms with Crippen LogP contribution in [0.4, 0.5) is 4.79 Å². The molecule has 2 fully saturated rings. The molecule has 1 spiro atoms. The van der Waals surface area contributed by atoms with Crippen LogP contribution >= 0.6 is 0 Å². The molecule has 0 radical (unpaired) electrons. The molecule has 0 atom stereocenters. The molecule has 0 unspecified atom stereocenters. The Balaban J connectivity index is 1.79. The van der Waals surface area contributed by atoms with E-state index in [2.05, 4.69) is 6.07 Å². The lowest BCUT2D eigenvalue weighted by atomic mass is 9.53. The van der Waals surface area contributed by atoms with E-state index in [4.69, 9.17) is 15.7 Å². The Morgan fingerprint density at radius 2 is 2.00 bits per heavy atom. The molecule has 0 aromatic rings. The molecule has 5 nitrogen and oxygen atoms in total. The number of hydrogen-bond acceptors (Lipinski definition) is 4. The van der Waals surface area contributed by atoms with Gasteiger partial charge in [-0.15, -0.1) is 0 Å². The van der Waals surface area contributed by atoms with Gasteiger partial charge in [0.05, 0.1) is 12.5 Å². The van der Waals surface area contributed by atoms with Crippen LogP contribution in [0.2, 0.25) is 0 Å². The third kappa shape index (κ3) is 2.44. The minimum Gasteiger partial charge on any atom is -0.444 e. The number of rotatable bonds is 1. The van der Waals surface area contributed by atoms with E-state index < -0.39 is 5.60 Å². The zero-order valence-electron chi connectivity index (χ0n) is 11.3. The van der Waals surface area contributed by atoms with E-state index in [9.17, 15) is 4.79 Å². The fourth-order valence-corrected chi connectivity index (χ4v) is 3.17. The van der Waals surface area contributed by atoms with Crippen molar-refractivity contribution in [3.63, 3.8) is 0 Å². The first kappa shape index (κ1) is 13.2. The smallest absolute Gasteiger partial charge is 0.410 e. The average Bonchev–Trinajstić information content (AvgIpc) is 2.06. The summed E-state index contributed by atoms with van der Waals surface area (Å²) in [5.41, 5.74) is 5.45.